The van der Waals surface area contributed by atoms with Crippen molar-refractivity contribution in [3.8, 4) is 0 Å². The Kier molecular flexibility index (Phi) is 3.97. The second-order valence-electron chi connectivity index (χ2n) is 4.82. The smallest absolute Gasteiger partial charge is 0.337 e. The average Bonchev–Trinajstić information content (AvgIpc) is 2.74. The summed E-state index contributed by atoms with van der Waals surface area (Å²) in [6.07, 6.45) is 2.78. The van der Waals surface area contributed by atoms with E-state index in [4.69, 9.17) is 21.1 Å². The molecule has 0 radical (unpaired) electrons. The maximum atomic E-state index is 11.8. The van der Waals surface area contributed by atoms with Crippen molar-refractivity contribution in [2.75, 3.05) is 12.5 Å². The van der Waals surface area contributed by atoms with Crippen LogP contribution in [0.25, 0.3) is 0 Å². The molecule has 1 fully saturated rings. The van der Waals surface area contributed by atoms with Crippen LogP contribution in [-0.2, 0) is 14.3 Å². The third-order valence-electron chi connectivity index (χ3n) is 3.68. The molecular formula is C13H19ClO3. The highest BCUT2D eigenvalue weighted by molar-refractivity contribution is 6.18. The Morgan fingerprint density at radius 1 is 1.59 bits per heavy atom. The maximum absolute atomic E-state index is 11.8. The number of alkyl halides is 1. The number of rotatable bonds is 3. The fourth-order valence-corrected chi connectivity index (χ4v) is 2.89. The van der Waals surface area contributed by atoms with Gasteiger partial charge in [0.2, 0.25) is 0 Å². The third kappa shape index (κ3) is 2.44. The van der Waals surface area contributed by atoms with Crippen molar-refractivity contribution in [1.82, 2.24) is 0 Å². The molecule has 2 rings (SSSR count). The number of carbonyl (C=O) groups excluding carboxylic acids is 1. The van der Waals surface area contributed by atoms with Crippen molar-refractivity contribution in [2.45, 2.75) is 39.2 Å². The lowest BCUT2D eigenvalue weighted by atomic mass is 9.79. The summed E-state index contributed by atoms with van der Waals surface area (Å²) in [5.41, 5.74) is 0.738. The van der Waals surface area contributed by atoms with E-state index in [0.717, 1.165) is 30.6 Å². The minimum absolute atomic E-state index is 0.0571. The topological polar surface area (TPSA) is 35.5 Å². The monoisotopic (exact) mass is 258 g/mol. The summed E-state index contributed by atoms with van der Waals surface area (Å²) >= 11 is 5.85. The molecular weight excluding hydrogens is 240 g/mol. The van der Waals surface area contributed by atoms with Crippen LogP contribution in [0, 0.1) is 11.8 Å². The lowest BCUT2D eigenvalue weighted by molar-refractivity contribution is -0.139. The first kappa shape index (κ1) is 12.7. The molecule has 0 aromatic rings. The molecule has 17 heavy (non-hydrogen) atoms. The van der Waals surface area contributed by atoms with Gasteiger partial charge in [-0.25, -0.2) is 4.79 Å². The zero-order valence-electron chi connectivity index (χ0n) is 10.4. The van der Waals surface area contributed by atoms with Gasteiger partial charge in [0.25, 0.3) is 0 Å². The summed E-state index contributed by atoms with van der Waals surface area (Å²) in [6.45, 7) is 4.45. The molecule has 2 aliphatic rings. The predicted molar refractivity (Wildman–Crippen MR) is 65.8 cm³/mol. The minimum Gasteiger partial charge on any atom is -0.493 e. The van der Waals surface area contributed by atoms with E-state index in [1.165, 1.54) is 0 Å². The summed E-state index contributed by atoms with van der Waals surface area (Å²) in [4.78, 5) is 11.8. The Morgan fingerprint density at radius 2 is 2.35 bits per heavy atom. The Labute approximate surface area is 107 Å². The van der Waals surface area contributed by atoms with Crippen molar-refractivity contribution in [3.63, 3.8) is 0 Å². The molecule has 3 unspecified atom stereocenters. The molecule has 3 nitrogen and oxygen atoms in total. The van der Waals surface area contributed by atoms with Crippen LogP contribution in [0.4, 0.5) is 0 Å². The molecule has 0 saturated carbocycles. The Balaban J connectivity index is 2.23. The number of esters is 1. The minimum atomic E-state index is -0.213. The molecule has 0 amide bonds. The van der Waals surface area contributed by atoms with Crippen molar-refractivity contribution >= 4 is 17.6 Å². The molecule has 0 bridgehead atoms. The Morgan fingerprint density at radius 3 is 3.00 bits per heavy atom. The third-order valence-corrected chi connectivity index (χ3v) is 4.02. The fourth-order valence-electron chi connectivity index (χ4n) is 2.70. The summed E-state index contributed by atoms with van der Waals surface area (Å²) in [5, 5.41) is 0. The van der Waals surface area contributed by atoms with Crippen LogP contribution in [0.1, 0.15) is 33.1 Å². The highest BCUT2D eigenvalue weighted by Gasteiger charge is 2.40. The second kappa shape index (κ2) is 5.30. The van der Waals surface area contributed by atoms with Crippen LogP contribution in [-0.4, -0.2) is 24.6 Å². The zero-order chi connectivity index (χ0) is 12.4. The van der Waals surface area contributed by atoms with E-state index in [1.54, 1.807) is 0 Å². The molecule has 0 N–H and O–H groups in total. The van der Waals surface area contributed by atoms with Gasteiger partial charge in [-0.05, 0) is 32.1 Å². The summed E-state index contributed by atoms with van der Waals surface area (Å²) < 4.78 is 10.9. The van der Waals surface area contributed by atoms with E-state index >= 15 is 0 Å². The average molecular weight is 259 g/mol. The Hall–Kier alpha value is -0.700. The Bertz CT molecular complexity index is 338. The number of allylic oxidation sites excluding steroid dienone is 1. The number of hydrogen-bond donors (Lipinski definition) is 0. The van der Waals surface area contributed by atoms with Crippen molar-refractivity contribution < 1.29 is 14.3 Å². The normalized spacial score (nSPS) is 32.1. The van der Waals surface area contributed by atoms with E-state index in [1.807, 2.05) is 6.92 Å². The van der Waals surface area contributed by atoms with E-state index in [9.17, 15) is 4.79 Å². The molecule has 0 aromatic heterocycles. The van der Waals surface area contributed by atoms with E-state index in [-0.39, 0.29) is 12.1 Å². The van der Waals surface area contributed by atoms with Gasteiger partial charge in [-0.15, -0.1) is 11.6 Å². The molecule has 1 heterocycles. The lowest BCUT2D eigenvalue weighted by Crippen LogP contribution is -2.22. The van der Waals surface area contributed by atoms with Gasteiger partial charge in [-0.1, -0.05) is 6.92 Å². The van der Waals surface area contributed by atoms with Crippen molar-refractivity contribution in [2.24, 2.45) is 11.8 Å². The predicted octanol–water partition coefficient (Wildman–Crippen LogP) is 2.88. The second-order valence-corrected chi connectivity index (χ2v) is 5.12. The fraction of sp³-hybridized carbons (Fsp3) is 0.769. The van der Waals surface area contributed by atoms with Crippen LogP contribution in [0.3, 0.4) is 0 Å². The maximum Gasteiger partial charge on any atom is 0.337 e. The SMILES string of the molecule is CCOC(=O)C1=C2OC(CCl)CC2C(C)CC1. The first-order valence-corrected chi connectivity index (χ1v) is 6.83. The first-order valence-electron chi connectivity index (χ1n) is 6.30. The van der Waals surface area contributed by atoms with Crippen LogP contribution < -0.4 is 0 Å². The van der Waals surface area contributed by atoms with Crippen molar-refractivity contribution in [1.29, 1.82) is 0 Å². The van der Waals surface area contributed by atoms with E-state index < -0.39 is 0 Å². The van der Waals surface area contributed by atoms with Crippen LogP contribution in [0.5, 0.6) is 0 Å². The van der Waals surface area contributed by atoms with Gasteiger partial charge in [0.15, 0.2) is 0 Å². The van der Waals surface area contributed by atoms with E-state index in [0.29, 0.717) is 24.3 Å². The quantitative estimate of drug-likeness (QED) is 0.577. The molecule has 3 atom stereocenters. The highest BCUT2D eigenvalue weighted by Crippen LogP contribution is 2.44. The van der Waals surface area contributed by atoms with Crippen LogP contribution in [0.2, 0.25) is 0 Å². The summed E-state index contributed by atoms with van der Waals surface area (Å²) in [6, 6.07) is 0. The van der Waals surface area contributed by atoms with Gasteiger partial charge in [0.05, 0.1) is 18.1 Å². The van der Waals surface area contributed by atoms with Crippen LogP contribution in [0.15, 0.2) is 11.3 Å². The molecule has 96 valence electrons. The van der Waals surface area contributed by atoms with Gasteiger partial charge >= 0.3 is 5.97 Å². The van der Waals surface area contributed by atoms with E-state index in [2.05, 4.69) is 6.92 Å². The molecule has 0 spiro atoms. The zero-order valence-corrected chi connectivity index (χ0v) is 11.1. The van der Waals surface area contributed by atoms with Gasteiger partial charge < -0.3 is 9.47 Å². The molecule has 1 aliphatic carbocycles. The molecule has 1 saturated heterocycles. The summed E-state index contributed by atoms with van der Waals surface area (Å²) in [7, 11) is 0. The number of fused-ring (bicyclic) bond motifs is 1. The lowest BCUT2D eigenvalue weighted by Gasteiger charge is -2.26. The highest BCUT2D eigenvalue weighted by atomic mass is 35.5. The number of carbonyl (C=O) groups is 1. The number of hydrogen-bond acceptors (Lipinski definition) is 3. The molecule has 0 aromatic carbocycles. The van der Waals surface area contributed by atoms with Gasteiger partial charge in [-0.3, -0.25) is 0 Å². The standard InChI is InChI=1S/C13H19ClO3/c1-3-16-13(15)10-5-4-8(2)11-6-9(7-14)17-12(10)11/h8-9,11H,3-7H2,1-2H3. The van der Waals surface area contributed by atoms with Gasteiger partial charge in [0, 0.05) is 5.92 Å². The molecule has 4 heteroatoms. The van der Waals surface area contributed by atoms with Gasteiger partial charge in [-0.2, -0.15) is 0 Å². The van der Waals surface area contributed by atoms with Gasteiger partial charge in [0.1, 0.15) is 11.9 Å². The number of halogens is 1. The molecule has 1 aliphatic heterocycles. The largest absolute Gasteiger partial charge is 0.493 e. The first-order chi connectivity index (χ1) is 8.17. The summed E-state index contributed by atoms with van der Waals surface area (Å²) in [5.74, 6) is 2.05. The van der Waals surface area contributed by atoms with Crippen molar-refractivity contribution in [3.05, 3.63) is 11.3 Å². The number of ether oxygens (including phenoxy) is 2. The van der Waals surface area contributed by atoms with Crippen LogP contribution >= 0.6 is 11.6 Å².